The minimum absolute atomic E-state index is 0.137. The van der Waals surface area contributed by atoms with Crippen LogP contribution in [-0.4, -0.2) is 35.8 Å². The van der Waals surface area contributed by atoms with E-state index in [1.54, 1.807) is 19.2 Å². The van der Waals surface area contributed by atoms with Gasteiger partial charge >= 0.3 is 0 Å². The Morgan fingerprint density at radius 1 is 1.20 bits per heavy atom. The van der Waals surface area contributed by atoms with Gasteiger partial charge in [-0.3, -0.25) is 4.79 Å². The van der Waals surface area contributed by atoms with Gasteiger partial charge in [-0.1, -0.05) is 25.0 Å². The number of methoxy groups -OCH3 is 1. The summed E-state index contributed by atoms with van der Waals surface area (Å²) in [6.45, 7) is 0.732. The minimum atomic E-state index is -0.137. The number of nitrogens with zero attached hydrogens (tertiary/aromatic N) is 2. The molecule has 1 fully saturated rings. The average Bonchev–Trinajstić information content (AvgIpc) is 3.15. The summed E-state index contributed by atoms with van der Waals surface area (Å²) in [5.74, 6) is 1.39. The smallest absolute Gasteiger partial charge is 0.272 e. The molecule has 1 aliphatic carbocycles. The minimum Gasteiger partial charge on any atom is -0.497 e. The largest absolute Gasteiger partial charge is 0.497 e. The van der Waals surface area contributed by atoms with E-state index in [2.05, 4.69) is 26.9 Å². The van der Waals surface area contributed by atoms with E-state index in [4.69, 9.17) is 4.74 Å². The van der Waals surface area contributed by atoms with Crippen molar-refractivity contribution in [2.75, 3.05) is 19.0 Å². The van der Waals surface area contributed by atoms with Crippen LogP contribution in [0.2, 0.25) is 0 Å². The zero-order valence-electron chi connectivity index (χ0n) is 14.5. The molecule has 0 saturated heterocycles. The normalized spacial score (nSPS) is 14.3. The second-order valence-electron chi connectivity index (χ2n) is 6.29. The molecule has 0 spiro atoms. The van der Waals surface area contributed by atoms with E-state index in [9.17, 15) is 4.79 Å². The SMILES string of the molecule is COc1cccc(CCNc2ccc(C(=O)NC3CCCC3)nn2)c1. The van der Waals surface area contributed by atoms with Crippen molar-refractivity contribution in [2.45, 2.75) is 38.1 Å². The maximum Gasteiger partial charge on any atom is 0.272 e. The van der Waals surface area contributed by atoms with Crippen LogP contribution < -0.4 is 15.4 Å². The van der Waals surface area contributed by atoms with Crippen LogP contribution in [0.1, 0.15) is 41.7 Å². The zero-order valence-corrected chi connectivity index (χ0v) is 14.5. The summed E-state index contributed by atoms with van der Waals surface area (Å²) in [5, 5.41) is 14.4. The molecule has 1 heterocycles. The number of hydrogen-bond donors (Lipinski definition) is 2. The van der Waals surface area contributed by atoms with Crippen LogP contribution in [0.15, 0.2) is 36.4 Å². The fourth-order valence-corrected chi connectivity index (χ4v) is 3.04. The van der Waals surface area contributed by atoms with Gasteiger partial charge in [0, 0.05) is 12.6 Å². The quantitative estimate of drug-likeness (QED) is 0.810. The van der Waals surface area contributed by atoms with Gasteiger partial charge in [0.25, 0.3) is 5.91 Å². The molecule has 2 N–H and O–H groups in total. The Morgan fingerprint density at radius 3 is 2.76 bits per heavy atom. The van der Waals surface area contributed by atoms with Crippen molar-refractivity contribution >= 4 is 11.7 Å². The molecule has 1 saturated carbocycles. The van der Waals surface area contributed by atoms with E-state index >= 15 is 0 Å². The molecule has 1 aromatic heterocycles. The monoisotopic (exact) mass is 340 g/mol. The Morgan fingerprint density at radius 2 is 2.04 bits per heavy atom. The van der Waals surface area contributed by atoms with Gasteiger partial charge in [0.15, 0.2) is 5.69 Å². The van der Waals surface area contributed by atoms with Gasteiger partial charge in [-0.2, -0.15) is 0 Å². The Balaban J connectivity index is 1.47. The number of hydrogen-bond acceptors (Lipinski definition) is 5. The number of carbonyl (C=O) groups excluding carboxylic acids is 1. The third kappa shape index (κ3) is 4.92. The highest BCUT2D eigenvalue weighted by Gasteiger charge is 2.18. The van der Waals surface area contributed by atoms with E-state index in [0.29, 0.717) is 11.5 Å². The zero-order chi connectivity index (χ0) is 17.5. The summed E-state index contributed by atoms with van der Waals surface area (Å²) in [6.07, 6.45) is 5.34. The second kappa shape index (κ2) is 8.46. The Bertz CT molecular complexity index is 697. The van der Waals surface area contributed by atoms with Crippen molar-refractivity contribution in [1.29, 1.82) is 0 Å². The number of nitrogens with one attached hydrogen (secondary N) is 2. The highest BCUT2D eigenvalue weighted by molar-refractivity contribution is 5.92. The summed E-state index contributed by atoms with van der Waals surface area (Å²) in [4.78, 5) is 12.1. The number of aromatic nitrogens is 2. The van der Waals surface area contributed by atoms with E-state index < -0.39 is 0 Å². The lowest BCUT2D eigenvalue weighted by Gasteiger charge is -2.11. The third-order valence-electron chi connectivity index (χ3n) is 4.44. The topological polar surface area (TPSA) is 76.1 Å². The summed E-state index contributed by atoms with van der Waals surface area (Å²) < 4.78 is 5.22. The van der Waals surface area contributed by atoms with Crippen LogP contribution >= 0.6 is 0 Å². The van der Waals surface area contributed by atoms with Crippen LogP contribution in [0.5, 0.6) is 5.75 Å². The molecule has 0 unspecified atom stereocenters. The molecular weight excluding hydrogens is 316 g/mol. The van der Waals surface area contributed by atoms with Crippen molar-refractivity contribution in [3.63, 3.8) is 0 Å². The van der Waals surface area contributed by atoms with Gasteiger partial charge in [-0.15, -0.1) is 10.2 Å². The lowest BCUT2D eigenvalue weighted by atomic mass is 10.1. The van der Waals surface area contributed by atoms with Crippen LogP contribution in [0.3, 0.4) is 0 Å². The number of rotatable bonds is 7. The molecule has 6 nitrogen and oxygen atoms in total. The van der Waals surface area contributed by atoms with Gasteiger partial charge in [0.05, 0.1) is 7.11 Å². The summed E-state index contributed by atoms with van der Waals surface area (Å²) >= 11 is 0. The summed E-state index contributed by atoms with van der Waals surface area (Å²) in [5.41, 5.74) is 1.55. The van der Waals surface area contributed by atoms with E-state index in [1.165, 1.54) is 18.4 Å². The Hall–Kier alpha value is -2.63. The maximum absolute atomic E-state index is 12.1. The van der Waals surface area contributed by atoms with E-state index in [0.717, 1.165) is 31.6 Å². The first kappa shape index (κ1) is 17.2. The van der Waals surface area contributed by atoms with Crippen molar-refractivity contribution in [2.24, 2.45) is 0 Å². The third-order valence-corrected chi connectivity index (χ3v) is 4.44. The number of anilines is 1. The highest BCUT2D eigenvalue weighted by Crippen LogP contribution is 2.18. The Labute approximate surface area is 148 Å². The van der Waals surface area contributed by atoms with Crippen LogP contribution in [0, 0.1) is 0 Å². The second-order valence-corrected chi connectivity index (χ2v) is 6.29. The number of ether oxygens (including phenoxy) is 1. The van der Waals surface area contributed by atoms with Gasteiger partial charge in [-0.25, -0.2) is 0 Å². The molecule has 3 rings (SSSR count). The molecule has 1 amide bonds. The first-order chi connectivity index (χ1) is 12.2. The highest BCUT2D eigenvalue weighted by atomic mass is 16.5. The lowest BCUT2D eigenvalue weighted by molar-refractivity contribution is 0.0932. The molecule has 1 aromatic carbocycles. The molecule has 25 heavy (non-hydrogen) atoms. The van der Waals surface area contributed by atoms with E-state index in [-0.39, 0.29) is 11.9 Å². The van der Waals surface area contributed by atoms with Gasteiger partial charge in [-0.05, 0) is 49.1 Å². The van der Waals surface area contributed by atoms with E-state index in [1.807, 2.05) is 18.2 Å². The lowest BCUT2D eigenvalue weighted by Crippen LogP contribution is -2.33. The van der Waals surface area contributed by atoms with Crippen molar-refractivity contribution < 1.29 is 9.53 Å². The predicted molar refractivity (Wildman–Crippen MR) is 96.9 cm³/mol. The Kier molecular flexibility index (Phi) is 5.82. The fourth-order valence-electron chi connectivity index (χ4n) is 3.04. The maximum atomic E-state index is 12.1. The molecule has 1 aliphatic rings. The first-order valence-corrected chi connectivity index (χ1v) is 8.76. The van der Waals surface area contributed by atoms with Gasteiger partial charge < -0.3 is 15.4 Å². The number of benzene rings is 1. The molecule has 6 heteroatoms. The van der Waals surface area contributed by atoms with Crippen molar-refractivity contribution in [3.8, 4) is 5.75 Å². The number of carbonyl (C=O) groups is 1. The molecule has 2 aromatic rings. The first-order valence-electron chi connectivity index (χ1n) is 8.76. The van der Waals surface area contributed by atoms with Gasteiger partial charge in [0.1, 0.15) is 11.6 Å². The van der Waals surface area contributed by atoms with Crippen LogP contribution in [0.25, 0.3) is 0 Å². The molecule has 0 radical (unpaired) electrons. The summed E-state index contributed by atoms with van der Waals surface area (Å²) in [7, 11) is 1.66. The molecule has 132 valence electrons. The molecule has 0 atom stereocenters. The molecular formula is C19H24N4O2. The average molecular weight is 340 g/mol. The van der Waals surface area contributed by atoms with Gasteiger partial charge in [0.2, 0.25) is 0 Å². The summed E-state index contributed by atoms with van der Waals surface area (Å²) in [6, 6.07) is 11.8. The van der Waals surface area contributed by atoms with Crippen LogP contribution in [0.4, 0.5) is 5.82 Å². The van der Waals surface area contributed by atoms with Crippen molar-refractivity contribution in [1.82, 2.24) is 15.5 Å². The number of amides is 1. The van der Waals surface area contributed by atoms with Crippen molar-refractivity contribution in [3.05, 3.63) is 47.7 Å². The standard InChI is InChI=1S/C19H24N4O2/c1-25-16-8-4-5-14(13-16)11-12-20-18-10-9-17(22-23-18)19(24)21-15-6-2-3-7-15/h4-5,8-10,13,15H,2-3,6-7,11-12H2,1H3,(H,20,23)(H,21,24). The van der Waals surface area contributed by atoms with Crippen LogP contribution in [-0.2, 0) is 6.42 Å². The molecule has 0 aliphatic heterocycles. The predicted octanol–water partition coefficient (Wildman–Crippen LogP) is 2.81. The fraction of sp³-hybridized carbons (Fsp3) is 0.421. The molecule has 0 bridgehead atoms.